The van der Waals surface area contributed by atoms with Crippen molar-refractivity contribution in [1.29, 1.82) is 0 Å². The Morgan fingerprint density at radius 1 is 1.30 bits per heavy atom. The van der Waals surface area contributed by atoms with Crippen molar-refractivity contribution >= 4 is 5.91 Å². The van der Waals surface area contributed by atoms with Crippen molar-refractivity contribution in [2.24, 2.45) is 0 Å². The molecule has 1 heterocycles. The molecule has 4 heteroatoms. The molecule has 1 saturated heterocycles. The number of hydrogen-bond donors (Lipinski definition) is 1. The molecule has 1 amide bonds. The molecule has 0 spiro atoms. The fourth-order valence-corrected chi connectivity index (χ4v) is 2.94. The van der Waals surface area contributed by atoms with Crippen molar-refractivity contribution in [2.75, 3.05) is 26.2 Å². The van der Waals surface area contributed by atoms with Gasteiger partial charge in [0.1, 0.15) is 5.75 Å². The van der Waals surface area contributed by atoms with Gasteiger partial charge in [0.05, 0.1) is 0 Å². The Morgan fingerprint density at radius 3 is 2.74 bits per heavy atom. The van der Waals surface area contributed by atoms with Gasteiger partial charge in [-0.15, -0.1) is 0 Å². The van der Waals surface area contributed by atoms with Crippen LogP contribution in [0.3, 0.4) is 0 Å². The Kier molecular flexibility index (Phi) is 6.90. The second-order valence-electron chi connectivity index (χ2n) is 6.48. The summed E-state index contributed by atoms with van der Waals surface area (Å²) in [5.41, 5.74) is 2.21. The van der Waals surface area contributed by atoms with E-state index in [-0.39, 0.29) is 5.91 Å². The Balaban J connectivity index is 1.77. The molecule has 1 N–H and O–H groups in total. The van der Waals surface area contributed by atoms with Crippen LogP contribution in [0.15, 0.2) is 18.2 Å². The van der Waals surface area contributed by atoms with Gasteiger partial charge < -0.3 is 15.0 Å². The molecule has 23 heavy (non-hydrogen) atoms. The maximum absolute atomic E-state index is 12.3. The molecule has 0 radical (unpaired) electrons. The van der Waals surface area contributed by atoms with Crippen LogP contribution in [-0.2, 0) is 4.79 Å². The van der Waals surface area contributed by atoms with Gasteiger partial charge >= 0.3 is 0 Å². The van der Waals surface area contributed by atoms with E-state index >= 15 is 0 Å². The summed E-state index contributed by atoms with van der Waals surface area (Å²) in [6.45, 7) is 10.3. The lowest BCUT2D eigenvalue weighted by atomic mass is 10.1. The quantitative estimate of drug-likeness (QED) is 0.749. The van der Waals surface area contributed by atoms with Crippen molar-refractivity contribution < 1.29 is 9.53 Å². The Labute approximate surface area is 140 Å². The average molecular weight is 318 g/mol. The molecule has 1 aliphatic rings. The van der Waals surface area contributed by atoms with E-state index in [2.05, 4.69) is 16.3 Å². The monoisotopic (exact) mass is 318 g/mol. The van der Waals surface area contributed by atoms with Gasteiger partial charge in [-0.05, 0) is 76.4 Å². The van der Waals surface area contributed by atoms with E-state index in [1.54, 1.807) is 0 Å². The number of carbonyl (C=O) groups excluding carboxylic acids is 1. The van der Waals surface area contributed by atoms with E-state index in [0.717, 1.165) is 36.4 Å². The van der Waals surface area contributed by atoms with Gasteiger partial charge in [-0.25, -0.2) is 0 Å². The third-order valence-electron chi connectivity index (χ3n) is 4.43. The summed E-state index contributed by atoms with van der Waals surface area (Å²) in [5.74, 6) is 0.805. The maximum atomic E-state index is 12.3. The summed E-state index contributed by atoms with van der Waals surface area (Å²) in [6, 6.07) is 6.09. The van der Waals surface area contributed by atoms with Gasteiger partial charge in [0, 0.05) is 6.54 Å². The van der Waals surface area contributed by atoms with E-state index in [1.165, 1.54) is 25.9 Å². The van der Waals surface area contributed by atoms with Crippen LogP contribution in [0.4, 0.5) is 0 Å². The minimum Gasteiger partial charge on any atom is -0.480 e. The Morgan fingerprint density at radius 2 is 2.04 bits per heavy atom. The number of aryl methyl sites for hydroxylation is 2. The van der Waals surface area contributed by atoms with Gasteiger partial charge in [0.25, 0.3) is 5.91 Å². The molecule has 0 bridgehead atoms. The number of nitrogens with one attached hydrogen (secondary N) is 1. The van der Waals surface area contributed by atoms with Gasteiger partial charge in [0.2, 0.25) is 0 Å². The first-order chi connectivity index (χ1) is 11.1. The molecule has 0 unspecified atom stereocenters. The van der Waals surface area contributed by atoms with E-state index in [9.17, 15) is 4.79 Å². The number of likely N-dealkylation sites (tertiary alicyclic amines) is 1. The fourth-order valence-electron chi connectivity index (χ4n) is 2.94. The third kappa shape index (κ3) is 5.54. The summed E-state index contributed by atoms with van der Waals surface area (Å²) in [7, 11) is 0. The summed E-state index contributed by atoms with van der Waals surface area (Å²) in [6.07, 6.45) is 3.89. The highest BCUT2D eigenvalue weighted by molar-refractivity contribution is 5.81. The number of hydrogen-bond acceptors (Lipinski definition) is 3. The van der Waals surface area contributed by atoms with Gasteiger partial charge in [0.15, 0.2) is 6.10 Å². The van der Waals surface area contributed by atoms with Crippen molar-refractivity contribution in [3.63, 3.8) is 0 Å². The Hall–Kier alpha value is -1.55. The highest BCUT2D eigenvalue weighted by Gasteiger charge is 2.19. The molecule has 4 nitrogen and oxygen atoms in total. The van der Waals surface area contributed by atoms with E-state index in [4.69, 9.17) is 4.74 Å². The molecule has 0 saturated carbocycles. The third-order valence-corrected chi connectivity index (χ3v) is 4.43. The predicted molar refractivity (Wildman–Crippen MR) is 93.9 cm³/mol. The molecule has 1 aromatic rings. The van der Waals surface area contributed by atoms with Crippen molar-refractivity contribution in [3.8, 4) is 5.75 Å². The standard InChI is InChI=1S/C19H30N2O2/c1-4-17(23-18-14-15(2)8-9-16(18)3)19(22)20-10-7-13-21-11-5-6-12-21/h8-9,14,17H,4-7,10-13H2,1-3H3,(H,20,22)/t17-/m1/s1. The zero-order valence-electron chi connectivity index (χ0n) is 14.7. The van der Waals surface area contributed by atoms with Crippen molar-refractivity contribution in [3.05, 3.63) is 29.3 Å². The van der Waals surface area contributed by atoms with E-state index in [1.807, 2.05) is 32.9 Å². The topological polar surface area (TPSA) is 41.6 Å². The van der Waals surface area contributed by atoms with Crippen LogP contribution in [0.2, 0.25) is 0 Å². The van der Waals surface area contributed by atoms with Crippen LogP contribution in [0, 0.1) is 13.8 Å². The SMILES string of the molecule is CC[C@@H](Oc1cc(C)ccc1C)C(=O)NCCCN1CCCC1. The molecule has 1 atom stereocenters. The molecule has 0 aliphatic carbocycles. The Bertz CT molecular complexity index is 510. The number of amides is 1. The normalized spacial score (nSPS) is 16.3. The number of ether oxygens (including phenoxy) is 1. The molecule has 2 rings (SSSR count). The molecule has 1 aromatic carbocycles. The number of benzene rings is 1. The van der Waals surface area contributed by atoms with Gasteiger partial charge in [-0.1, -0.05) is 19.1 Å². The highest BCUT2D eigenvalue weighted by Crippen LogP contribution is 2.21. The second kappa shape index (κ2) is 8.92. The zero-order chi connectivity index (χ0) is 16.7. The van der Waals surface area contributed by atoms with Crippen molar-refractivity contribution in [1.82, 2.24) is 10.2 Å². The van der Waals surface area contributed by atoms with Gasteiger partial charge in [-0.3, -0.25) is 4.79 Å². The van der Waals surface area contributed by atoms with Crippen LogP contribution >= 0.6 is 0 Å². The second-order valence-corrected chi connectivity index (χ2v) is 6.48. The summed E-state index contributed by atoms with van der Waals surface area (Å²) in [4.78, 5) is 14.8. The lowest BCUT2D eigenvalue weighted by Gasteiger charge is -2.19. The first-order valence-corrected chi connectivity index (χ1v) is 8.84. The molecule has 1 fully saturated rings. The van der Waals surface area contributed by atoms with Gasteiger partial charge in [-0.2, -0.15) is 0 Å². The fraction of sp³-hybridized carbons (Fsp3) is 0.632. The largest absolute Gasteiger partial charge is 0.480 e. The molecule has 0 aromatic heterocycles. The first-order valence-electron chi connectivity index (χ1n) is 8.84. The molecule has 128 valence electrons. The summed E-state index contributed by atoms with van der Waals surface area (Å²) < 4.78 is 5.95. The minimum atomic E-state index is -0.415. The lowest BCUT2D eigenvalue weighted by molar-refractivity contribution is -0.128. The van der Waals surface area contributed by atoms with Crippen LogP contribution in [-0.4, -0.2) is 43.1 Å². The molecular weight excluding hydrogens is 288 g/mol. The number of nitrogens with zero attached hydrogens (tertiary/aromatic N) is 1. The molecular formula is C19H30N2O2. The van der Waals surface area contributed by atoms with Crippen LogP contribution in [0.25, 0.3) is 0 Å². The van der Waals surface area contributed by atoms with Crippen LogP contribution in [0.5, 0.6) is 5.75 Å². The minimum absolute atomic E-state index is 0.00479. The lowest BCUT2D eigenvalue weighted by Crippen LogP contribution is -2.39. The summed E-state index contributed by atoms with van der Waals surface area (Å²) >= 11 is 0. The van der Waals surface area contributed by atoms with Crippen LogP contribution < -0.4 is 10.1 Å². The first kappa shape index (κ1) is 17.8. The highest BCUT2D eigenvalue weighted by atomic mass is 16.5. The number of carbonyl (C=O) groups is 1. The molecule has 1 aliphatic heterocycles. The maximum Gasteiger partial charge on any atom is 0.261 e. The predicted octanol–water partition coefficient (Wildman–Crippen LogP) is 3.06. The van der Waals surface area contributed by atoms with E-state index in [0.29, 0.717) is 6.42 Å². The summed E-state index contributed by atoms with van der Waals surface area (Å²) in [5, 5.41) is 3.02. The average Bonchev–Trinajstić information content (AvgIpc) is 3.05. The van der Waals surface area contributed by atoms with Crippen molar-refractivity contribution in [2.45, 2.75) is 52.6 Å². The zero-order valence-corrected chi connectivity index (χ0v) is 14.7. The smallest absolute Gasteiger partial charge is 0.261 e. The number of rotatable bonds is 8. The van der Waals surface area contributed by atoms with E-state index < -0.39 is 6.10 Å². The van der Waals surface area contributed by atoms with Crippen LogP contribution in [0.1, 0.15) is 43.7 Å².